The summed E-state index contributed by atoms with van der Waals surface area (Å²) in [7, 11) is 4.31. The van der Waals surface area contributed by atoms with Gasteiger partial charge in [0.1, 0.15) is 49.4 Å². The molecule has 12 nitrogen and oxygen atoms in total. The van der Waals surface area contributed by atoms with E-state index in [1.165, 1.54) is 45.5 Å². The fourth-order valence-corrected chi connectivity index (χ4v) is 10.5. The molecule has 94 heavy (non-hydrogen) atoms. The minimum Gasteiger partial charge on any atom is -0.490 e. The van der Waals surface area contributed by atoms with Crippen molar-refractivity contribution >= 4 is 64.3 Å². The number of rotatable bonds is 31. The third kappa shape index (κ3) is 25.3. The van der Waals surface area contributed by atoms with Gasteiger partial charge in [-0.3, -0.25) is 9.59 Å². The Morgan fingerprint density at radius 2 is 0.670 bits per heavy atom. The highest BCUT2D eigenvalue weighted by atomic mass is 35.5. The van der Waals surface area contributed by atoms with Crippen molar-refractivity contribution < 1.29 is 47.9 Å². The lowest BCUT2D eigenvalue weighted by molar-refractivity contribution is -0.162. The van der Waals surface area contributed by atoms with Gasteiger partial charge in [-0.1, -0.05) is 137 Å². The molecular formula is C78H88Cl4N2O10. The van der Waals surface area contributed by atoms with E-state index in [-0.39, 0.29) is 55.8 Å². The van der Waals surface area contributed by atoms with E-state index >= 15 is 0 Å². The second-order valence-electron chi connectivity index (χ2n) is 25.8. The van der Waals surface area contributed by atoms with Crippen LogP contribution in [-0.2, 0) is 31.9 Å². The Kier molecular flexibility index (Phi) is 28.6. The molecule has 0 radical (unpaired) electrons. The van der Waals surface area contributed by atoms with Crippen LogP contribution in [0, 0.1) is 17.8 Å². The van der Waals surface area contributed by atoms with Gasteiger partial charge in [0.15, 0.2) is 12.2 Å². The number of nitrogens with zero attached hydrogens (tertiary/aromatic N) is 2. The van der Waals surface area contributed by atoms with Crippen molar-refractivity contribution in [1.82, 2.24) is 9.80 Å². The van der Waals surface area contributed by atoms with E-state index in [1.54, 1.807) is 32.9 Å². The molecule has 16 heteroatoms. The summed E-state index contributed by atoms with van der Waals surface area (Å²) in [5.74, 6) is 1.31. The molecule has 8 rings (SSSR count). The predicted molar refractivity (Wildman–Crippen MR) is 379 cm³/mol. The van der Waals surface area contributed by atoms with Gasteiger partial charge in [0.25, 0.3) is 0 Å². The van der Waals surface area contributed by atoms with Gasteiger partial charge in [0, 0.05) is 45.0 Å². The minimum absolute atomic E-state index is 0.0523. The predicted octanol–water partition coefficient (Wildman–Crippen LogP) is 18.2. The fourth-order valence-electron chi connectivity index (χ4n) is 9.98. The molecule has 1 N–H and O–H groups in total. The molecule has 0 aromatic heterocycles. The standard InChI is InChI=1S/C39H43Cl2NO6.C39H45Cl2NO4/c1-39(2,3)38(45)48-35(26-47-34-21-13-30(14-22-34)37(43)44)25-46-33-19-7-27(8-20-33)6-5-23-42(4)24-36(28-9-15-31(40)16-10-28)29-11-17-32(41)18-12-29;1-28-8-20-34(21-9-28)44-26-36(46-38(43)39(2,3)4)27-45-35-22-10-29(11-23-35)7-6-24-42(5)25-37(30-12-16-32(40)17-13-30)31-14-18-33(41)19-15-31/h7-22,35-36H,5-6,23-26H2,1-4H3,(H,43,44);8-23,36-37H,6-7,24-27H2,1-5H3. The first kappa shape index (κ1) is 73.9. The number of halogens is 4. The van der Waals surface area contributed by atoms with Crippen LogP contribution in [0.3, 0.4) is 0 Å². The number of hydrogen-bond donors (Lipinski definition) is 1. The molecule has 0 saturated heterocycles. The summed E-state index contributed by atoms with van der Waals surface area (Å²) >= 11 is 24.7. The molecular weight excluding hydrogens is 1270 g/mol. The average molecular weight is 1360 g/mol. The Morgan fingerprint density at radius 1 is 0.404 bits per heavy atom. The second kappa shape index (κ2) is 36.4. The van der Waals surface area contributed by atoms with E-state index in [0.717, 1.165) is 89.0 Å². The molecule has 0 amide bonds. The van der Waals surface area contributed by atoms with Crippen molar-refractivity contribution in [3.8, 4) is 23.0 Å². The van der Waals surface area contributed by atoms with Crippen LogP contribution >= 0.6 is 46.4 Å². The van der Waals surface area contributed by atoms with Gasteiger partial charge in [-0.05, 0) is 244 Å². The molecule has 8 aromatic carbocycles. The van der Waals surface area contributed by atoms with E-state index < -0.39 is 29.0 Å². The molecule has 2 unspecified atom stereocenters. The zero-order valence-electron chi connectivity index (χ0n) is 55.3. The largest absolute Gasteiger partial charge is 0.490 e. The zero-order valence-corrected chi connectivity index (χ0v) is 58.3. The minimum atomic E-state index is -1.01. The zero-order chi connectivity index (χ0) is 67.8. The van der Waals surface area contributed by atoms with Crippen LogP contribution in [0.15, 0.2) is 194 Å². The SMILES string of the molecule is CN(CCCc1ccc(OCC(COc2ccc(C(=O)O)cc2)OC(=O)C(C)(C)C)cc1)CC(c1ccc(Cl)cc1)c1ccc(Cl)cc1.Cc1ccc(OCC(COc2ccc(CCCN(C)CC(c3ccc(Cl)cc3)c3ccc(Cl)cc3)cc2)OC(=O)C(C)(C)C)cc1. The summed E-state index contributed by atoms with van der Waals surface area (Å²) in [6, 6.07) is 62.2. The van der Waals surface area contributed by atoms with Crippen molar-refractivity contribution in [2.45, 2.75) is 98.2 Å². The molecule has 0 saturated carbocycles. The van der Waals surface area contributed by atoms with Crippen LogP contribution in [0.2, 0.25) is 20.1 Å². The number of likely N-dealkylation sites (N-methyl/N-ethyl adjacent to an activating group) is 2. The summed E-state index contributed by atoms with van der Waals surface area (Å²) in [6.07, 6.45) is 2.65. The van der Waals surface area contributed by atoms with Crippen LogP contribution in [0.5, 0.6) is 23.0 Å². The maximum Gasteiger partial charge on any atom is 0.335 e. The lowest BCUT2D eigenvalue weighted by Gasteiger charge is -2.25. The molecule has 0 heterocycles. The molecule has 0 fully saturated rings. The lowest BCUT2D eigenvalue weighted by Crippen LogP contribution is -2.35. The number of ether oxygens (including phenoxy) is 6. The first-order chi connectivity index (χ1) is 44.8. The van der Waals surface area contributed by atoms with Crippen molar-refractivity contribution in [1.29, 1.82) is 0 Å². The molecule has 0 spiro atoms. The molecule has 498 valence electrons. The number of benzene rings is 8. The summed E-state index contributed by atoms with van der Waals surface area (Å²) in [4.78, 5) is 41.1. The lowest BCUT2D eigenvalue weighted by atomic mass is 9.91. The number of carboxylic acid groups (broad SMARTS) is 1. The second-order valence-corrected chi connectivity index (χ2v) is 27.5. The van der Waals surface area contributed by atoms with E-state index in [9.17, 15) is 14.4 Å². The number of hydrogen-bond acceptors (Lipinski definition) is 11. The summed E-state index contributed by atoms with van der Waals surface area (Å²) in [5, 5.41) is 12.0. The highest BCUT2D eigenvalue weighted by Crippen LogP contribution is 2.31. The van der Waals surface area contributed by atoms with Crippen LogP contribution in [0.25, 0.3) is 0 Å². The van der Waals surface area contributed by atoms with Gasteiger partial charge >= 0.3 is 17.9 Å². The first-order valence-corrected chi connectivity index (χ1v) is 33.2. The number of carbonyl (C=O) groups is 3. The maximum atomic E-state index is 12.6. The normalized spacial score (nSPS) is 12.2. The van der Waals surface area contributed by atoms with Crippen molar-refractivity contribution in [2.24, 2.45) is 10.8 Å². The van der Waals surface area contributed by atoms with E-state index in [4.69, 9.17) is 79.9 Å². The first-order valence-electron chi connectivity index (χ1n) is 31.7. The number of aromatic carboxylic acids is 1. The fraction of sp³-hybridized carbons (Fsp3) is 0.346. The van der Waals surface area contributed by atoms with Gasteiger partial charge in [-0.2, -0.15) is 0 Å². The van der Waals surface area contributed by atoms with E-state index in [2.05, 4.69) is 96.7 Å². The number of aryl methyl sites for hydroxylation is 3. The summed E-state index contributed by atoms with van der Waals surface area (Å²) in [6.45, 7) is 17.1. The Hall–Kier alpha value is -7.55. The van der Waals surface area contributed by atoms with E-state index in [0.29, 0.717) is 11.5 Å². The average Bonchev–Trinajstić information content (AvgIpc) is 0.898. The highest BCUT2D eigenvalue weighted by Gasteiger charge is 2.29. The Bertz CT molecular complexity index is 3490. The van der Waals surface area contributed by atoms with Gasteiger partial charge in [-0.15, -0.1) is 0 Å². The molecule has 0 aliphatic heterocycles. The molecule has 8 aromatic rings. The van der Waals surface area contributed by atoms with Crippen LogP contribution in [0.4, 0.5) is 0 Å². The van der Waals surface area contributed by atoms with E-state index in [1.807, 2.05) is 125 Å². The van der Waals surface area contributed by atoms with Crippen LogP contribution < -0.4 is 18.9 Å². The van der Waals surface area contributed by atoms with Crippen molar-refractivity contribution in [3.05, 3.63) is 259 Å². The topological polar surface area (TPSA) is 133 Å². The maximum absolute atomic E-state index is 12.6. The Labute approximate surface area is 575 Å². The van der Waals surface area contributed by atoms with Crippen molar-refractivity contribution in [3.63, 3.8) is 0 Å². The molecule has 0 aliphatic carbocycles. The van der Waals surface area contributed by atoms with Gasteiger partial charge in [-0.25, -0.2) is 4.79 Å². The smallest absolute Gasteiger partial charge is 0.335 e. The number of carbonyl (C=O) groups excluding carboxylic acids is 2. The molecule has 0 bridgehead atoms. The van der Waals surface area contributed by atoms with Crippen LogP contribution in [-0.4, -0.2) is 112 Å². The van der Waals surface area contributed by atoms with Gasteiger partial charge < -0.3 is 43.3 Å². The highest BCUT2D eigenvalue weighted by molar-refractivity contribution is 6.31. The number of esters is 2. The van der Waals surface area contributed by atoms with Crippen LogP contribution in [0.1, 0.15) is 116 Å². The van der Waals surface area contributed by atoms with Crippen molar-refractivity contribution in [2.75, 3.05) is 66.7 Å². The molecule has 0 aliphatic rings. The monoisotopic (exact) mass is 1350 g/mol. The summed E-state index contributed by atoms with van der Waals surface area (Å²) < 4.78 is 35.3. The van der Waals surface area contributed by atoms with Gasteiger partial charge in [0.05, 0.1) is 16.4 Å². The third-order valence-corrected chi connectivity index (χ3v) is 16.6. The number of carboxylic acids is 1. The Morgan fingerprint density at radius 3 is 0.936 bits per heavy atom. The third-order valence-electron chi connectivity index (χ3n) is 15.6. The quantitative estimate of drug-likeness (QED) is 0.0415. The molecule has 2 atom stereocenters. The Balaban J connectivity index is 0.000000266. The summed E-state index contributed by atoms with van der Waals surface area (Å²) in [5.41, 5.74) is 7.32. The van der Waals surface area contributed by atoms with Gasteiger partial charge in [0.2, 0.25) is 0 Å².